The lowest BCUT2D eigenvalue weighted by Gasteiger charge is -2.31. The monoisotopic (exact) mass is 355 g/mol. The Labute approximate surface area is 139 Å². The Morgan fingerprint density at radius 1 is 1.17 bits per heavy atom. The summed E-state index contributed by atoms with van der Waals surface area (Å²) in [6, 6.07) is -0.0395. The molecule has 0 radical (unpaired) electrons. The molecule has 24 heavy (non-hydrogen) atoms. The number of sulfonamides is 1. The molecular weight excluding hydrogens is 334 g/mol. The fourth-order valence-corrected chi connectivity index (χ4v) is 5.10. The van der Waals surface area contributed by atoms with E-state index in [0.717, 1.165) is 0 Å². The SMILES string of the molecule is Cc1noc(C)c1S(=O)(=O)N1CCC(n2c(C)nn(C)c2=O)CC1. The van der Waals surface area contributed by atoms with Gasteiger partial charge in [-0.25, -0.2) is 17.9 Å². The van der Waals surface area contributed by atoms with Crippen molar-refractivity contribution in [2.45, 2.75) is 44.6 Å². The Hall–Kier alpha value is -1.94. The second-order valence-corrected chi connectivity index (χ2v) is 7.99. The fraction of sp³-hybridized carbons (Fsp3) is 0.643. The molecule has 1 fully saturated rings. The minimum absolute atomic E-state index is 0.0395. The predicted octanol–water partition coefficient (Wildman–Crippen LogP) is 0.521. The van der Waals surface area contributed by atoms with Crippen LogP contribution in [-0.4, -0.2) is 45.3 Å². The third-order valence-corrected chi connectivity index (χ3v) is 6.62. The first kappa shape index (κ1) is 16.9. The number of rotatable bonds is 3. The molecule has 0 aliphatic carbocycles. The van der Waals surface area contributed by atoms with Crippen LogP contribution in [-0.2, 0) is 17.1 Å². The summed E-state index contributed by atoms with van der Waals surface area (Å²) in [6.45, 7) is 5.69. The Morgan fingerprint density at radius 2 is 1.79 bits per heavy atom. The Kier molecular flexibility index (Phi) is 4.12. The van der Waals surface area contributed by atoms with Crippen molar-refractivity contribution in [1.29, 1.82) is 0 Å². The maximum Gasteiger partial charge on any atom is 0.345 e. The molecule has 0 N–H and O–H groups in total. The van der Waals surface area contributed by atoms with Crippen LogP contribution in [0.15, 0.2) is 14.2 Å². The molecule has 0 aromatic carbocycles. The summed E-state index contributed by atoms with van der Waals surface area (Å²) in [5.74, 6) is 0.948. The van der Waals surface area contributed by atoms with Crippen molar-refractivity contribution in [3.05, 3.63) is 27.8 Å². The van der Waals surface area contributed by atoms with Crippen LogP contribution in [0, 0.1) is 20.8 Å². The van der Waals surface area contributed by atoms with Crippen LogP contribution in [0.2, 0.25) is 0 Å². The van der Waals surface area contributed by atoms with Gasteiger partial charge in [0.25, 0.3) is 0 Å². The van der Waals surface area contributed by atoms with Crippen LogP contribution < -0.4 is 5.69 Å². The lowest BCUT2D eigenvalue weighted by molar-refractivity contribution is 0.267. The Balaban J connectivity index is 1.82. The molecular formula is C14H21N5O4S. The molecule has 0 saturated carbocycles. The van der Waals surface area contributed by atoms with Crippen molar-refractivity contribution in [1.82, 2.24) is 23.8 Å². The van der Waals surface area contributed by atoms with Gasteiger partial charge in [-0.2, -0.15) is 9.40 Å². The standard InChI is InChI=1S/C14H21N5O4S/c1-9-13(10(2)23-16-9)24(21,22)18-7-5-12(6-8-18)19-11(3)15-17(4)14(19)20/h12H,5-8H2,1-4H3. The summed E-state index contributed by atoms with van der Waals surface area (Å²) in [5.41, 5.74) is 0.202. The lowest BCUT2D eigenvalue weighted by Crippen LogP contribution is -2.41. The molecule has 1 aliphatic heterocycles. The fourth-order valence-electron chi connectivity index (χ4n) is 3.34. The summed E-state index contributed by atoms with van der Waals surface area (Å²) in [5, 5.41) is 7.86. The van der Waals surface area contributed by atoms with Gasteiger partial charge in [0.05, 0.1) is 0 Å². The van der Waals surface area contributed by atoms with E-state index in [1.165, 1.54) is 8.99 Å². The van der Waals surface area contributed by atoms with Gasteiger partial charge in [-0.15, -0.1) is 0 Å². The minimum Gasteiger partial charge on any atom is -0.360 e. The van der Waals surface area contributed by atoms with Gasteiger partial charge in [-0.1, -0.05) is 5.16 Å². The van der Waals surface area contributed by atoms with Crippen LogP contribution in [0.1, 0.15) is 36.2 Å². The third kappa shape index (κ3) is 2.59. The summed E-state index contributed by atoms with van der Waals surface area (Å²) in [4.78, 5) is 12.3. The van der Waals surface area contributed by atoms with E-state index in [9.17, 15) is 13.2 Å². The molecule has 0 amide bonds. The second kappa shape index (κ2) is 5.85. The normalized spacial score (nSPS) is 17.5. The smallest absolute Gasteiger partial charge is 0.345 e. The highest BCUT2D eigenvalue weighted by atomic mass is 32.2. The van der Waals surface area contributed by atoms with Crippen molar-refractivity contribution in [2.75, 3.05) is 13.1 Å². The number of aromatic nitrogens is 4. The molecule has 0 unspecified atom stereocenters. The number of hydrogen-bond acceptors (Lipinski definition) is 6. The first-order valence-electron chi connectivity index (χ1n) is 7.78. The quantitative estimate of drug-likeness (QED) is 0.795. The maximum atomic E-state index is 12.8. The average Bonchev–Trinajstić information content (AvgIpc) is 2.99. The highest BCUT2D eigenvalue weighted by molar-refractivity contribution is 7.89. The highest BCUT2D eigenvalue weighted by Gasteiger charge is 2.34. The molecule has 1 aliphatic rings. The average molecular weight is 355 g/mol. The molecule has 0 spiro atoms. The van der Waals surface area contributed by atoms with Crippen molar-refractivity contribution in [2.24, 2.45) is 7.05 Å². The number of piperidine rings is 1. The molecule has 3 rings (SSSR count). The lowest BCUT2D eigenvalue weighted by atomic mass is 10.1. The molecule has 3 heterocycles. The van der Waals surface area contributed by atoms with Gasteiger partial charge < -0.3 is 4.52 Å². The van der Waals surface area contributed by atoms with E-state index in [1.807, 2.05) is 0 Å². The van der Waals surface area contributed by atoms with Gasteiger partial charge in [-0.3, -0.25) is 4.57 Å². The molecule has 10 heteroatoms. The Bertz CT molecular complexity index is 896. The van der Waals surface area contributed by atoms with E-state index < -0.39 is 10.0 Å². The van der Waals surface area contributed by atoms with Crippen LogP contribution in [0.25, 0.3) is 0 Å². The minimum atomic E-state index is -3.63. The van der Waals surface area contributed by atoms with Crippen molar-refractivity contribution in [3.63, 3.8) is 0 Å². The molecule has 1 saturated heterocycles. The van der Waals surface area contributed by atoms with Crippen LogP contribution in [0.3, 0.4) is 0 Å². The molecule has 0 bridgehead atoms. The van der Waals surface area contributed by atoms with Crippen LogP contribution in [0.5, 0.6) is 0 Å². The zero-order chi connectivity index (χ0) is 17.6. The first-order valence-corrected chi connectivity index (χ1v) is 9.22. The molecule has 9 nitrogen and oxygen atoms in total. The van der Waals surface area contributed by atoms with Crippen molar-refractivity contribution < 1.29 is 12.9 Å². The van der Waals surface area contributed by atoms with Gasteiger partial charge in [0.1, 0.15) is 16.4 Å². The van der Waals surface area contributed by atoms with E-state index >= 15 is 0 Å². The van der Waals surface area contributed by atoms with E-state index in [-0.39, 0.29) is 16.6 Å². The summed E-state index contributed by atoms with van der Waals surface area (Å²) >= 11 is 0. The van der Waals surface area contributed by atoms with Gasteiger partial charge in [0.2, 0.25) is 10.0 Å². The molecule has 2 aromatic rings. The molecule has 2 aromatic heterocycles. The van der Waals surface area contributed by atoms with Crippen molar-refractivity contribution in [3.8, 4) is 0 Å². The maximum absolute atomic E-state index is 12.8. The zero-order valence-electron chi connectivity index (χ0n) is 14.2. The van der Waals surface area contributed by atoms with E-state index in [0.29, 0.717) is 43.2 Å². The Morgan fingerprint density at radius 3 is 2.25 bits per heavy atom. The van der Waals surface area contributed by atoms with Crippen LogP contribution in [0.4, 0.5) is 0 Å². The van der Waals surface area contributed by atoms with E-state index in [4.69, 9.17) is 4.52 Å². The summed E-state index contributed by atoms with van der Waals surface area (Å²) < 4.78 is 35.0. The summed E-state index contributed by atoms with van der Waals surface area (Å²) in [6.07, 6.45) is 1.13. The first-order chi connectivity index (χ1) is 11.2. The van der Waals surface area contributed by atoms with Gasteiger partial charge >= 0.3 is 5.69 Å². The zero-order valence-corrected chi connectivity index (χ0v) is 15.0. The van der Waals surface area contributed by atoms with Gasteiger partial charge in [-0.05, 0) is 33.6 Å². The van der Waals surface area contributed by atoms with E-state index in [1.54, 1.807) is 32.4 Å². The van der Waals surface area contributed by atoms with E-state index in [2.05, 4.69) is 10.3 Å². The van der Waals surface area contributed by atoms with Crippen LogP contribution >= 0.6 is 0 Å². The number of nitrogens with zero attached hydrogens (tertiary/aromatic N) is 5. The predicted molar refractivity (Wildman–Crippen MR) is 85.2 cm³/mol. The molecule has 132 valence electrons. The number of hydrogen-bond donors (Lipinski definition) is 0. The molecule has 0 atom stereocenters. The topological polar surface area (TPSA) is 103 Å². The van der Waals surface area contributed by atoms with Gasteiger partial charge in [0, 0.05) is 26.2 Å². The largest absolute Gasteiger partial charge is 0.360 e. The number of aryl methyl sites for hydroxylation is 4. The third-order valence-electron chi connectivity index (χ3n) is 4.48. The highest BCUT2D eigenvalue weighted by Crippen LogP contribution is 2.29. The van der Waals surface area contributed by atoms with Gasteiger partial charge in [0.15, 0.2) is 5.76 Å². The second-order valence-electron chi connectivity index (χ2n) is 6.11. The summed E-state index contributed by atoms with van der Waals surface area (Å²) in [7, 11) is -2.02. The van der Waals surface area contributed by atoms with Crippen molar-refractivity contribution >= 4 is 10.0 Å².